The first kappa shape index (κ1) is 16.0. The molecule has 0 atom stereocenters. The van der Waals surface area contributed by atoms with Crippen LogP contribution in [0.4, 0.5) is 17.6 Å². The summed E-state index contributed by atoms with van der Waals surface area (Å²) >= 11 is 0. The third-order valence-corrected chi connectivity index (χ3v) is 3.46. The molecule has 0 unspecified atom stereocenters. The van der Waals surface area contributed by atoms with Gasteiger partial charge in [-0.1, -0.05) is 12.1 Å². The summed E-state index contributed by atoms with van der Waals surface area (Å²) in [4.78, 5) is 18.6. The van der Waals surface area contributed by atoms with E-state index >= 15 is 0 Å². The minimum absolute atomic E-state index is 0.138. The molecule has 1 N–H and O–H groups in total. The maximum Gasteiger partial charge on any atom is 0.419 e. The number of alkyl halides is 3. The van der Waals surface area contributed by atoms with Crippen LogP contribution in [-0.2, 0) is 6.18 Å². The molecule has 124 valence electrons. The second-order valence-corrected chi connectivity index (χ2v) is 4.96. The standard InChI is InChI=1S/C16H10F4N2O2/c1-24-13-7-11(17)10(16(18,19)20)6-9(13)14-21-12-5-3-2-4-8(12)15(23)22-14/h2-7H,1H3,(H,21,22,23). The van der Waals surface area contributed by atoms with Crippen LogP contribution in [0.3, 0.4) is 0 Å². The molecule has 8 heteroatoms. The highest BCUT2D eigenvalue weighted by Gasteiger charge is 2.35. The van der Waals surface area contributed by atoms with Crippen LogP contribution in [0, 0.1) is 5.82 Å². The highest BCUT2D eigenvalue weighted by molar-refractivity contribution is 5.80. The topological polar surface area (TPSA) is 55.0 Å². The Bertz CT molecular complexity index is 980. The number of benzene rings is 2. The molecular weight excluding hydrogens is 328 g/mol. The second kappa shape index (κ2) is 5.63. The molecule has 0 fully saturated rings. The number of methoxy groups -OCH3 is 1. The Morgan fingerprint density at radius 3 is 2.54 bits per heavy atom. The van der Waals surface area contributed by atoms with Crippen molar-refractivity contribution in [3.8, 4) is 17.1 Å². The molecule has 3 aromatic rings. The number of H-pyrrole nitrogens is 1. The van der Waals surface area contributed by atoms with Crippen LogP contribution in [0.1, 0.15) is 5.56 Å². The van der Waals surface area contributed by atoms with Crippen molar-refractivity contribution in [2.75, 3.05) is 7.11 Å². The van der Waals surface area contributed by atoms with E-state index < -0.39 is 23.1 Å². The average molecular weight is 338 g/mol. The second-order valence-electron chi connectivity index (χ2n) is 4.96. The molecule has 1 heterocycles. The molecular formula is C16H10F4N2O2. The fourth-order valence-corrected chi connectivity index (χ4v) is 2.34. The lowest BCUT2D eigenvalue weighted by Crippen LogP contribution is -2.12. The van der Waals surface area contributed by atoms with E-state index in [4.69, 9.17) is 4.74 Å². The van der Waals surface area contributed by atoms with Crippen molar-refractivity contribution in [2.24, 2.45) is 0 Å². The summed E-state index contributed by atoms with van der Waals surface area (Å²) in [5.41, 5.74) is -1.84. The van der Waals surface area contributed by atoms with Crippen molar-refractivity contribution >= 4 is 10.9 Å². The Morgan fingerprint density at radius 1 is 1.17 bits per heavy atom. The molecule has 0 spiro atoms. The van der Waals surface area contributed by atoms with E-state index in [0.717, 1.165) is 0 Å². The first-order chi connectivity index (χ1) is 11.3. The van der Waals surface area contributed by atoms with Crippen LogP contribution < -0.4 is 10.3 Å². The predicted molar refractivity (Wildman–Crippen MR) is 79.3 cm³/mol. The summed E-state index contributed by atoms with van der Waals surface area (Å²) in [5.74, 6) is -1.77. The Kier molecular flexibility index (Phi) is 3.75. The largest absolute Gasteiger partial charge is 0.496 e. The Morgan fingerprint density at radius 2 is 1.88 bits per heavy atom. The lowest BCUT2D eigenvalue weighted by atomic mass is 10.1. The van der Waals surface area contributed by atoms with Crippen LogP contribution in [-0.4, -0.2) is 17.1 Å². The molecule has 4 nitrogen and oxygen atoms in total. The fraction of sp³-hybridized carbons (Fsp3) is 0.125. The smallest absolute Gasteiger partial charge is 0.419 e. The summed E-state index contributed by atoms with van der Waals surface area (Å²) in [5, 5.41) is 0.290. The minimum atomic E-state index is -4.89. The number of nitrogens with one attached hydrogen (secondary N) is 1. The van der Waals surface area contributed by atoms with Gasteiger partial charge in [-0.05, 0) is 18.2 Å². The third-order valence-electron chi connectivity index (χ3n) is 3.46. The predicted octanol–water partition coefficient (Wildman–Crippen LogP) is 3.76. The number of ether oxygens (including phenoxy) is 1. The number of fused-ring (bicyclic) bond motifs is 1. The Balaban J connectivity index is 2.31. The quantitative estimate of drug-likeness (QED) is 0.724. The van der Waals surface area contributed by atoms with Gasteiger partial charge in [0.05, 0.1) is 29.1 Å². The van der Waals surface area contributed by atoms with E-state index in [-0.39, 0.29) is 17.1 Å². The van der Waals surface area contributed by atoms with Gasteiger partial charge >= 0.3 is 6.18 Å². The van der Waals surface area contributed by atoms with Crippen LogP contribution >= 0.6 is 0 Å². The molecule has 1 aromatic heterocycles. The summed E-state index contributed by atoms with van der Waals surface area (Å²) in [6, 6.07) is 7.55. The third kappa shape index (κ3) is 2.70. The molecule has 0 bridgehead atoms. The van der Waals surface area contributed by atoms with E-state index in [1.54, 1.807) is 18.2 Å². The Labute approximate surface area is 132 Å². The number of nitrogens with zero attached hydrogens (tertiary/aromatic N) is 1. The van der Waals surface area contributed by atoms with Gasteiger partial charge in [-0.25, -0.2) is 9.37 Å². The van der Waals surface area contributed by atoms with Crippen LogP contribution in [0.5, 0.6) is 5.75 Å². The maximum atomic E-state index is 13.7. The summed E-state index contributed by atoms with van der Waals surface area (Å²) < 4.78 is 57.4. The van der Waals surface area contributed by atoms with Crippen LogP contribution in [0.25, 0.3) is 22.3 Å². The molecule has 0 radical (unpaired) electrons. The van der Waals surface area contributed by atoms with Gasteiger partial charge in [0.2, 0.25) is 0 Å². The van der Waals surface area contributed by atoms with Gasteiger partial charge < -0.3 is 9.72 Å². The van der Waals surface area contributed by atoms with E-state index in [0.29, 0.717) is 23.0 Å². The molecule has 3 rings (SSSR count). The summed E-state index contributed by atoms with van der Waals surface area (Å²) in [7, 11) is 1.19. The van der Waals surface area contributed by atoms with Gasteiger partial charge in [-0.15, -0.1) is 0 Å². The highest BCUT2D eigenvalue weighted by atomic mass is 19.4. The number of halogens is 4. The number of rotatable bonds is 2. The van der Waals surface area contributed by atoms with E-state index in [9.17, 15) is 22.4 Å². The van der Waals surface area contributed by atoms with Gasteiger partial charge in [-0.2, -0.15) is 13.2 Å². The van der Waals surface area contributed by atoms with Gasteiger partial charge in [-0.3, -0.25) is 4.79 Å². The van der Waals surface area contributed by atoms with Crippen LogP contribution in [0.2, 0.25) is 0 Å². The zero-order chi connectivity index (χ0) is 17.5. The van der Waals surface area contributed by atoms with Crippen LogP contribution in [0.15, 0.2) is 41.2 Å². The monoisotopic (exact) mass is 338 g/mol. The summed E-state index contributed by atoms with van der Waals surface area (Å²) in [6.07, 6.45) is -4.89. The lowest BCUT2D eigenvalue weighted by Gasteiger charge is -2.13. The zero-order valence-corrected chi connectivity index (χ0v) is 12.2. The highest BCUT2D eigenvalue weighted by Crippen LogP contribution is 2.38. The molecule has 0 aliphatic heterocycles. The molecule has 0 amide bonds. The van der Waals surface area contributed by atoms with Crippen molar-refractivity contribution in [3.63, 3.8) is 0 Å². The maximum absolute atomic E-state index is 13.7. The fourth-order valence-electron chi connectivity index (χ4n) is 2.34. The first-order valence-electron chi connectivity index (χ1n) is 6.75. The summed E-state index contributed by atoms with van der Waals surface area (Å²) in [6.45, 7) is 0. The molecule has 0 saturated carbocycles. The number of hydrogen-bond acceptors (Lipinski definition) is 3. The van der Waals surface area contributed by atoms with Crippen molar-refractivity contribution in [3.05, 3.63) is 58.1 Å². The number of para-hydroxylation sites is 1. The van der Waals surface area contributed by atoms with Crippen molar-refractivity contribution < 1.29 is 22.3 Å². The minimum Gasteiger partial charge on any atom is -0.496 e. The molecule has 2 aromatic carbocycles. The van der Waals surface area contributed by atoms with Gasteiger partial charge in [0.15, 0.2) is 0 Å². The van der Waals surface area contributed by atoms with Gasteiger partial charge in [0, 0.05) is 6.07 Å². The molecule has 0 aliphatic rings. The lowest BCUT2D eigenvalue weighted by molar-refractivity contribution is -0.139. The molecule has 24 heavy (non-hydrogen) atoms. The molecule has 0 aliphatic carbocycles. The van der Waals surface area contributed by atoms with Gasteiger partial charge in [0.1, 0.15) is 17.4 Å². The van der Waals surface area contributed by atoms with E-state index in [2.05, 4.69) is 9.97 Å². The van der Waals surface area contributed by atoms with E-state index in [1.807, 2.05) is 0 Å². The van der Waals surface area contributed by atoms with Gasteiger partial charge in [0.25, 0.3) is 5.56 Å². The van der Waals surface area contributed by atoms with E-state index in [1.165, 1.54) is 13.2 Å². The van der Waals surface area contributed by atoms with Crippen molar-refractivity contribution in [1.29, 1.82) is 0 Å². The Hall–Kier alpha value is -2.90. The average Bonchev–Trinajstić information content (AvgIpc) is 2.53. The SMILES string of the molecule is COc1cc(F)c(C(F)(F)F)cc1-c1nc2ccccc2c(=O)[nH]1. The number of hydrogen-bond donors (Lipinski definition) is 1. The zero-order valence-electron chi connectivity index (χ0n) is 12.2. The van der Waals surface area contributed by atoms with Crippen molar-refractivity contribution in [1.82, 2.24) is 9.97 Å². The normalized spacial score (nSPS) is 11.7. The number of aromatic nitrogens is 2. The first-order valence-corrected chi connectivity index (χ1v) is 6.75. The molecule has 0 saturated heterocycles. The van der Waals surface area contributed by atoms with Crippen molar-refractivity contribution in [2.45, 2.75) is 6.18 Å². The number of aromatic amines is 1.